The average molecular weight is 197 g/mol. The third-order valence-corrected chi connectivity index (χ3v) is 2.80. The molecule has 0 radical (unpaired) electrons. The highest BCUT2D eigenvalue weighted by molar-refractivity contribution is 6.30. The van der Waals surface area contributed by atoms with E-state index in [1.807, 2.05) is 18.2 Å². The third-order valence-electron chi connectivity index (χ3n) is 2.51. The summed E-state index contributed by atoms with van der Waals surface area (Å²) in [6.45, 7) is 0. The Balaban J connectivity index is 2.30. The quantitative estimate of drug-likeness (QED) is 0.580. The molecule has 0 fully saturated rings. The van der Waals surface area contributed by atoms with Crippen LogP contribution in [-0.4, -0.2) is 0 Å². The van der Waals surface area contributed by atoms with Crippen molar-refractivity contribution in [3.8, 4) is 0 Å². The van der Waals surface area contributed by atoms with Gasteiger partial charge < -0.3 is 4.74 Å². The summed E-state index contributed by atoms with van der Waals surface area (Å²) in [6.07, 6.45) is 3.53. The summed E-state index contributed by atoms with van der Waals surface area (Å²) in [4.78, 5) is 0. The largest absolute Gasteiger partial charge is 0.357 e. The van der Waals surface area contributed by atoms with Crippen molar-refractivity contribution in [2.45, 2.75) is 12.2 Å². The summed E-state index contributed by atoms with van der Waals surface area (Å²) in [5, 5.41) is 0.170. The van der Waals surface area contributed by atoms with Crippen molar-refractivity contribution in [3.05, 3.63) is 46.3 Å². The van der Waals surface area contributed by atoms with Crippen LogP contribution in [0, 0.1) is 5.82 Å². The molecule has 2 heterocycles. The Kier molecular flexibility index (Phi) is 1.35. The van der Waals surface area contributed by atoms with E-state index in [0.29, 0.717) is 5.56 Å². The van der Waals surface area contributed by atoms with Crippen LogP contribution in [0.25, 0.3) is 0 Å². The molecule has 2 bridgehead atoms. The molecular formula is C10H6ClFO. The van der Waals surface area contributed by atoms with Crippen molar-refractivity contribution in [3.63, 3.8) is 0 Å². The van der Waals surface area contributed by atoms with Crippen LogP contribution < -0.4 is 0 Å². The fourth-order valence-electron chi connectivity index (χ4n) is 1.91. The molecule has 2 atom stereocenters. The molecule has 0 unspecified atom stereocenters. The highest BCUT2D eigenvalue weighted by Gasteiger charge is 2.36. The zero-order valence-corrected chi connectivity index (χ0v) is 7.38. The first kappa shape index (κ1) is 7.54. The molecule has 3 heteroatoms. The first-order valence-electron chi connectivity index (χ1n) is 4.09. The maximum Gasteiger partial charge on any atom is 0.148 e. The second-order valence-corrected chi connectivity index (χ2v) is 3.63. The Labute approximate surface area is 79.8 Å². The minimum Gasteiger partial charge on any atom is -0.357 e. The first-order chi connectivity index (χ1) is 6.27. The van der Waals surface area contributed by atoms with Crippen LogP contribution in [0.3, 0.4) is 0 Å². The van der Waals surface area contributed by atoms with Gasteiger partial charge >= 0.3 is 0 Å². The van der Waals surface area contributed by atoms with Crippen LogP contribution in [-0.2, 0) is 4.74 Å². The molecule has 0 aliphatic carbocycles. The molecule has 3 rings (SSSR count). The lowest BCUT2D eigenvalue weighted by Gasteiger charge is -2.08. The molecule has 0 saturated carbocycles. The average Bonchev–Trinajstić information content (AvgIpc) is 2.70. The predicted octanol–water partition coefficient (Wildman–Crippen LogP) is 3.16. The van der Waals surface area contributed by atoms with Crippen LogP contribution in [0.4, 0.5) is 4.39 Å². The van der Waals surface area contributed by atoms with Crippen LogP contribution in [0.2, 0.25) is 5.02 Å². The highest BCUT2D eigenvalue weighted by atomic mass is 35.5. The lowest BCUT2D eigenvalue weighted by Crippen LogP contribution is -1.97. The fourth-order valence-corrected chi connectivity index (χ4v) is 2.08. The molecule has 2 aliphatic rings. The van der Waals surface area contributed by atoms with Crippen LogP contribution >= 0.6 is 11.6 Å². The fraction of sp³-hybridized carbons (Fsp3) is 0.200. The normalized spacial score (nSPS) is 28.2. The molecular weight excluding hydrogens is 191 g/mol. The predicted molar refractivity (Wildman–Crippen MR) is 47.1 cm³/mol. The third kappa shape index (κ3) is 0.847. The van der Waals surface area contributed by atoms with E-state index >= 15 is 0 Å². The van der Waals surface area contributed by atoms with Crippen molar-refractivity contribution in [1.29, 1.82) is 0 Å². The molecule has 0 amide bonds. The minimum absolute atomic E-state index is 0.0632. The molecule has 66 valence electrons. The van der Waals surface area contributed by atoms with Gasteiger partial charge in [-0.1, -0.05) is 29.8 Å². The topological polar surface area (TPSA) is 9.23 Å². The van der Waals surface area contributed by atoms with Crippen LogP contribution in [0.1, 0.15) is 23.3 Å². The van der Waals surface area contributed by atoms with Gasteiger partial charge in [-0.05, 0) is 11.6 Å². The van der Waals surface area contributed by atoms with Crippen molar-refractivity contribution in [2.24, 2.45) is 0 Å². The summed E-state index contributed by atoms with van der Waals surface area (Å²) in [6, 6.07) is 3.41. The zero-order valence-electron chi connectivity index (χ0n) is 6.63. The maximum atomic E-state index is 13.5. The molecule has 2 aliphatic heterocycles. The monoisotopic (exact) mass is 196 g/mol. The number of fused-ring (bicyclic) bond motifs is 5. The van der Waals surface area contributed by atoms with E-state index in [-0.39, 0.29) is 23.0 Å². The van der Waals surface area contributed by atoms with Crippen molar-refractivity contribution in [2.75, 3.05) is 0 Å². The van der Waals surface area contributed by atoms with Gasteiger partial charge in [0.1, 0.15) is 18.0 Å². The van der Waals surface area contributed by atoms with Crippen LogP contribution in [0.15, 0.2) is 24.3 Å². The van der Waals surface area contributed by atoms with E-state index in [2.05, 4.69) is 0 Å². The standard InChI is InChI=1S/C10H6ClFO/c11-6-2-1-5-7-3-4-8(13-7)9(5)10(6)12/h1-4,7-8H/t7-,8+/m1/s1. The number of benzene rings is 1. The Hall–Kier alpha value is -0.860. The second kappa shape index (κ2) is 2.34. The van der Waals surface area contributed by atoms with E-state index in [1.165, 1.54) is 0 Å². The van der Waals surface area contributed by atoms with Crippen LogP contribution in [0.5, 0.6) is 0 Å². The zero-order chi connectivity index (χ0) is 9.00. The van der Waals surface area contributed by atoms with Gasteiger partial charge in [0.05, 0.1) is 5.02 Å². The van der Waals surface area contributed by atoms with Gasteiger partial charge in [0.15, 0.2) is 0 Å². The van der Waals surface area contributed by atoms with E-state index in [1.54, 1.807) is 6.07 Å². The summed E-state index contributed by atoms with van der Waals surface area (Å²) in [5.74, 6) is -0.337. The van der Waals surface area contributed by atoms with E-state index in [4.69, 9.17) is 16.3 Å². The summed E-state index contributed by atoms with van der Waals surface area (Å²) in [5.41, 5.74) is 1.52. The Bertz CT molecular complexity index is 414. The molecule has 13 heavy (non-hydrogen) atoms. The number of halogens is 2. The van der Waals surface area contributed by atoms with Gasteiger partial charge in [-0.15, -0.1) is 0 Å². The Morgan fingerprint density at radius 1 is 1.23 bits per heavy atom. The molecule has 0 saturated heterocycles. The summed E-state index contributed by atoms with van der Waals surface area (Å²) >= 11 is 5.67. The van der Waals surface area contributed by atoms with Gasteiger partial charge in [-0.2, -0.15) is 0 Å². The SMILES string of the molecule is Fc1c(Cl)ccc2c1[C@@H]1C=C[C@H]2O1. The molecule has 0 N–H and O–H groups in total. The number of hydrogen-bond acceptors (Lipinski definition) is 1. The van der Waals surface area contributed by atoms with Gasteiger partial charge in [0.25, 0.3) is 0 Å². The Morgan fingerprint density at radius 2 is 2.00 bits per heavy atom. The minimum atomic E-state index is -0.337. The molecule has 1 nitrogen and oxygen atoms in total. The van der Waals surface area contributed by atoms with Crippen molar-refractivity contribution in [1.82, 2.24) is 0 Å². The molecule has 0 aromatic heterocycles. The number of rotatable bonds is 0. The molecule has 1 aromatic carbocycles. The molecule has 1 aromatic rings. The summed E-state index contributed by atoms with van der Waals surface area (Å²) < 4.78 is 19.0. The van der Waals surface area contributed by atoms with Gasteiger partial charge in [-0.3, -0.25) is 0 Å². The maximum absolute atomic E-state index is 13.5. The van der Waals surface area contributed by atoms with E-state index in [9.17, 15) is 4.39 Å². The van der Waals surface area contributed by atoms with Crippen molar-refractivity contribution >= 4 is 11.6 Å². The van der Waals surface area contributed by atoms with Crippen molar-refractivity contribution < 1.29 is 9.13 Å². The molecule has 0 spiro atoms. The van der Waals surface area contributed by atoms with Gasteiger partial charge in [0, 0.05) is 5.56 Å². The van der Waals surface area contributed by atoms with E-state index < -0.39 is 0 Å². The lowest BCUT2D eigenvalue weighted by molar-refractivity contribution is 0.0867. The highest BCUT2D eigenvalue weighted by Crippen LogP contribution is 2.47. The number of ether oxygens (including phenoxy) is 1. The van der Waals surface area contributed by atoms with Gasteiger partial charge in [-0.25, -0.2) is 4.39 Å². The lowest BCUT2D eigenvalue weighted by atomic mass is 9.96. The number of hydrogen-bond donors (Lipinski definition) is 0. The summed E-state index contributed by atoms with van der Waals surface area (Å²) in [7, 11) is 0. The smallest absolute Gasteiger partial charge is 0.148 e. The Morgan fingerprint density at radius 3 is 2.85 bits per heavy atom. The van der Waals surface area contributed by atoms with Gasteiger partial charge in [0.2, 0.25) is 0 Å². The van der Waals surface area contributed by atoms with E-state index in [0.717, 1.165) is 5.56 Å². The first-order valence-corrected chi connectivity index (χ1v) is 4.47. The second-order valence-electron chi connectivity index (χ2n) is 3.23.